The summed E-state index contributed by atoms with van der Waals surface area (Å²) in [5.41, 5.74) is 0. The van der Waals surface area contributed by atoms with E-state index in [1.807, 2.05) is 12.2 Å². The first kappa shape index (κ1) is 59.0. The Labute approximate surface area is 365 Å². The number of aliphatic hydroxyl groups is 3. The highest BCUT2D eigenvalue weighted by molar-refractivity contribution is 7.47. The highest BCUT2D eigenvalue weighted by atomic mass is 31.2. The molecule has 5 atom stereocenters. The normalized spacial score (nSPS) is 15.5. The zero-order valence-corrected chi connectivity index (χ0v) is 38.8. The number of unbranched alkanes of at least 4 members (excludes halogenated alkanes) is 14. The van der Waals surface area contributed by atoms with Crippen LogP contribution in [0.15, 0.2) is 48.6 Å². The number of carbonyl (C=O) groups excluding carboxylic acids is 2. The minimum absolute atomic E-state index is 0.0601. The van der Waals surface area contributed by atoms with E-state index in [1.54, 1.807) is 6.08 Å². The van der Waals surface area contributed by atoms with Gasteiger partial charge in [-0.15, -0.1) is 0 Å². The highest BCUT2D eigenvalue weighted by Gasteiger charge is 2.28. The van der Waals surface area contributed by atoms with E-state index >= 15 is 0 Å². The van der Waals surface area contributed by atoms with E-state index in [0.29, 0.717) is 12.8 Å². The molecule has 0 saturated carbocycles. The van der Waals surface area contributed by atoms with Gasteiger partial charge in [-0.05, 0) is 77.0 Å². The van der Waals surface area contributed by atoms with Gasteiger partial charge in [0.25, 0.3) is 0 Å². The summed E-state index contributed by atoms with van der Waals surface area (Å²) in [6.07, 6.45) is 32.7. The fourth-order valence-electron chi connectivity index (χ4n) is 5.80. The van der Waals surface area contributed by atoms with Crippen molar-refractivity contribution in [3.63, 3.8) is 0 Å². The van der Waals surface area contributed by atoms with Gasteiger partial charge in [-0.2, -0.15) is 0 Å². The van der Waals surface area contributed by atoms with Crippen molar-refractivity contribution in [1.29, 1.82) is 0 Å². The Balaban J connectivity index is 4.75. The third-order valence-electron chi connectivity index (χ3n) is 9.38. The maximum Gasteiger partial charge on any atom is 0.472 e. The molecule has 61 heavy (non-hydrogen) atoms. The number of allylic oxidation sites excluding steroid dienone is 7. The van der Waals surface area contributed by atoms with Crippen LogP contribution >= 0.6 is 15.6 Å². The van der Waals surface area contributed by atoms with Gasteiger partial charge >= 0.3 is 27.6 Å². The zero-order chi connectivity index (χ0) is 45.5. The standard InChI is InChI=1S/C44H80O15P2/c1-3-5-7-9-11-13-15-17-18-19-21-23-25-27-29-33-44(49)59-40(38-58-61(53,54)57-36-39(45)35-56-60(50,51)52)37-55-43(48)34-30-32-42(47)41(46)31-28-26-24-22-20-16-14-12-10-8-6-4-2/h12,14,17-18,20,22,26,28,39-42,45-47H,3-11,13,15-16,19,21,23-25,27,29-38H2,1-2H3,(H,53,54)(H2,50,51,52)/b14-12-,18-17-,22-20-,28-26-/t39-,40+,41?,42?/m0/s1. The van der Waals surface area contributed by atoms with Crippen molar-refractivity contribution in [3.8, 4) is 0 Å². The lowest BCUT2D eigenvalue weighted by atomic mass is 10.0. The molecule has 0 amide bonds. The van der Waals surface area contributed by atoms with Crippen LogP contribution in [-0.2, 0) is 41.8 Å². The Hall–Kier alpha value is -2.00. The van der Waals surface area contributed by atoms with E-state index in [9.17, 15) is 38.9 Å². The number of carbonyl (C=O) groups is 2. The third-order valence-corrected chi connectivity index (χ3v) is 10.8. The fraction of sp³-hybridized carbons (Fsp3) is 0.773. The quantitative estimate of drug-likeness (QED) is 0.0145. The molecule has 0 radical (unpaired) electrons. The summed E-state index contributed by atoms with van der Waals surface area (Å²) in [6.45, 7) is 1.39. The molecule has 3 unspecified atom stereocenters. The van der Waals surface area contributed by atoms with Gasteiger partial charge in [0.05, 0.1) is 32.0 Å². The van der Waals surface area contributed by atoms with Gasteiger partial charge in [0.2, 0.25) is 0 Å². The monoisotopic (exact) mass is 910 g/mol. The van der Waals surface area contributed by atoms with Gasteiger partial charge in [-0.25, -0.2) is 9.13 Å². The van der Waals surface area contributed by atoms with E-state index in [1.165, 1.54) is 57.8 Å². The molecule has 0 spiro atoms. The smallest absolute Gasteiger partial charge is 0.462 e. The molecule has 0 rings (SSSR count). The van der Waals surface area contributed by atoms with Gasteiger partial charge in [-0.1, -0.05) is 127 Å². The van der Waals surface area contributed by atoms with E-state index in [0.717, 1.165) is 51.4 Å². The highest BCUT2D eigenvalue weighted by Crippen LogP contribution is 2.43. The summed E-state index contributed by atoms with van der Waals surface area (Å²) in [4.78, 5) is 52.8. The largest absolute Gasteiger partial charge is 0.472 e. The summed E-state index contributed by atoms with van der Waals surface area (Å²) >= 11 is 0. The van der Waals surface area contributed by atoms with Gasteiger partial charge < -0.3 is 39.5 Å². The molecule has 0 aromatic rings. The molecule has 15 nitrogen and oxygen atoms in total. The second kappa shape index (κ2) is 39.6. The summed E-state index contributed by atoms with van der Waals surface area (Å²) in [5.74, 6) is -1.33. The van der Waals surface area contributed by atoms with E-state index < -0.39 is 78.4 Å². The molecular formula is C44H80O15P2. The number of esters is 2. The van der Waals surface area contributed by atoms with E-state index in [-0.39, 0.29) is 32.1 Å². The van der Waals surface area contributed by atoms with Crippen LogP contribution in [0.5, 0.6) is 0 Å². The van der Waals surface area contributed by atoms with E-state index in [2.05, 4.69) is 53.3 Å². The van der Waals surface area contributed by atoms with Crippen molar-refractivity contribution in [2.75, 3.05) is 26.4 Å². The van der Waals surface area contributed by atoms with Crippen LogP contribution in [-0.4, -0.2) is 92.8 Å². The second-order valence-corrected chi connectivity index (χ2v) is 18.0. The summed E-state index contributed by atoms with van der Waals surface area (Å²) in [5, 5.41) is 30.4. The molecule has 17 heteroatoms. The molecule has 0 heterocycles. The van der Waals surface area contributed by atoms with Crippen molar-refractivity contribution in [3.05, 3.63) is 48.6 Å². The van der Waals surface area contributed by atoms with E-state index in [4.69, 9.17) is 23.8 Å². The van der Waals surface area contributed by atoms with Crippen molar-refractivity contribution >= 4 is 27.6 Å². The number of aliphatic hydroxyl groups excluding tert-OH is 3. The Morgan fingerprint density at radius 1 is 0.525 bits per heavy atom. The summed E-state index contributed by atoms with van der Waals surface area (Å²) < 4.78 is 47.6. The lowest BCUT2D eigenvalue weighted by Crippen LogP contribution is -2.30. The van der Waals surface area contributed by atoms with Crippen LogP contribution in [0.4, 0.5) is 0 Å². The minimum atomic E-state index is -4.89. The maximum absolute atomic E-state index is 12.7. The molecule has 0 aliphatic carbocycles. The molecule has 356 valence electrons. The van der Waals surface area contributed by atoms with Crippen molar-refractivity contribution in [1.82, 2.24) is 0 Å². The predicted octanol–water partition coefficient (Wildman–Crippen LogP) is 9.39. The molecule has 0 fully saturated rings. The molecule has 0 aromatic carbocycles. The number of hydrogen-bond acceptors (Lipinski definition) is 12. The summed E-state index contributed by atoms with van der Waals surface area (Å²) in [6, 6.07) is 0. The van der Waals surface area contributed by atoms with Crippen molar-refractivity contribution in [2.24, 2.45) is 0 Å². The van der Waals surface area contributed by atoms with Gasteiger partial charge in [-0.3, -0.25) is 23.2 Å². The van der Waals surface area contributed by atoms with Crippen LogP contribution in [0, 0.1) is 0 Å². The number of ether oxygens (including phenoxy) is 2. The van der Waals surface area contributed by atoms with Crippen LogP contribution in [0.1, 0.15) is 168 Å². The Morgan fingerprint density at radius 3 is 1.62 bits per heavy atom. The molecular weight excluding hydrogens is 830 g/mol. The summed E-state index contributed by atoms with van der Waals surface area (Å²) in [7, 11) is -9.77. The number of rotatable bonds is 42. The van der Waals surface area contributed by atoms with Crippen LogP contribution in [0.3, 0.4) is 0 Å². The van der Waals surface area contributed by atoms with Crippen molar-refractivity contribution < 1.29 is 71.8 Å². The maximum atomic E-state index is 12.7. The number of hydrogen-bond donors (Lipinski definition) is 6. The Kier molecular flexibility index (Phi) is 38.3. The average molecular weight is 911 g/mol. The first-order valence-electron chi connectivity index (χ1n) is 22.5. The van der Waals surface area contributed by atoms with Crippen molar-refractivity contribution in [2.45, 2.75) is 192 Å². The molecule has 0 aliphatic heterocycles. The lowest BCUT2D eigenvalue weighted by Gasteiger charge is -2.20. The first-order chi connectivity index (χ1) is 29.2. The lowest BCUT2D eigenvalue weighted by molar-refractivity contribution is -0.161. The average Bonchev–Trinajstić information content (AvgIpc) is 3.21. The topological polar surface area (TPSA) is 236 Å². The molecule has 0 aromatic heterocycles. The second-order valence-electron chi connectivity index (χ2n) is 15.3. The fourth-order valence-corrected chi connectivity index (χ4v) is 6.95. The van der Waals surface area contributed by atoms with Crippen LogP contribution in [0.2, 0.25) is 0 Å². The Morgan fingerprint density at radius 2 is 1.00 bits per heavy atom. The molecule has 0 saturated heterocycles. The molecule has 0 aliphatic rings. The number of phosphoric acid groups is 2. The van der Waals surface area contributed by atoms with Crippen LogP contribution < -0.4 is 0 Å². The number of phosphoric ester groups is 2. The van der Waals surface area contributed by atoms with Crippen LogP contribution in [0.25, 0.3) is 0 Å². The third kappa shape index (κ3) is 41.8. The minimum Gasteiger partial charge on any atom is -0.462 e. The SMILES string of the molecule is CCCCC/C=C\C/C=C\C/C=C\CC(O)C(O)CCCC(=O)OC[C@H](COP(=O)(O)OC[C@@H](O)COP(=O)(O)O)OC(=O)CCCCCCC/C=C\CCCCCCCC. The van der Waals surface area contributed by atoms with Gasteiger partial charge in [0, 0.05) is 12.8 Å². The molecule has 0 bridgehead atoms. The zero-order valence-electron chi connectivity index (χ0n) is 37.0. The predicted molar refractivity (Wildman–Crippen MR) is 237 cm³/mol. The Bertz CT molecular complexity index is 1300. The first-order valence-corrected chi connectivity index (χ1v) is 25.5. The van der Waals surface area contributed by atoms with Gasteiger partial charge in [0.1, 0.15) is 12.7 Å². The van der Waals surface area contributed by atoms with Gasteiger partial charge in [0.15, 0.2) is 6.10 Å². The molecule has 6 N–H and O–H groups in total.